The summed E-state index contributed by atoms with van der Waals surface area (Å²) in [5, 5.41) is 5.48. The quantitative estimate of drug-likeness (QED) is 0.874. The van der Waals surface area contributed by atoms with Crippen molar-refractivity contribution in [3.05, 3.63) is 34.3 Å². The molecule has 0 atom stereocenters. The number of carbonyl (C=O) groups is 2. The number of hydrogen-bond donors (Lipinski definition) is 2. The van der Waals surface area contributed by atoms with E-state index in [0.717, 1.165) is 4.47 Å². The largest absolute Gasteiger partial charge is 0.354 e. The van der Waals surface area contributed by atoms with Crippen molar-refractivity contribution in [2.24, 2.45) is 0 Å². The SMILES string of the molecule is CC(C)NC(=O)CCNC(=O)c1ccccc1Br. The first-order valence-corrected chi connectivity index (χ1v) is 6.62. The van der Waals surface area contributed by atoms with E-state index in [1.54, 1.807) is 18.2 Å². The van der Waals surface area contributed by atoms with Gasteiger partial charge in [-0.05, 0) is 41.9 Å². The number of benzene rings is 1. The van der Waals surface area contributed by atoms with Gasteiger partial charge >= 0.3 is 0 Å². The van der Waals surface area contributed by atoms with Gasteiger partial charge in [-0.25, -0.2) is 0 Å². The zero-order chi connectivity index (χ0) is 13.5. The second-order valence-corrected chi connectivity index (χ2v) is 5.06. The second kappa shape index (κ2) is 7.16. The minimum Gasteiger partial charge on any atom is -0.354 e. The van der Waals surface area contributed by atoms with Crippen molar-refractivity contribution >= 4 is 27.7 Å². The monoisotopic (exact) mass is 312 g/mol. The summed E-state index contributed by atoms with van der Waals surface area (Å²) in [6.45, 7) is 4.13. The molecule has 0 bridgehead atoms. The fourth-order valence-electron chi connectivity index (χ4n) is 1.42. The van der Waals surface area contributed by atoms with Crippen molar-refractivity contribution < 1.29 is 9.59 Å². The summed E-state index contributed by atoms with van der Waals surface area (Å²) >= 11 is 3.31. The van der Waals surface area contributed by atoms with E-state index in [-0.39, 0.29) is 24.3 Å². The topological polar surface area (TPSA) is 58.2 Å². The van der Waals surface area contributed by atoms with Crippen molar-refractivity contribution in [1.82, 2.24) is 10.6 Å². The van der Waals surface area contributed by atoms with Gasteiger partial charge in [0.2, 0.25) is 5.91 Å². The molecule has 0 aliphatic rings. The Kier molecular flexibility index (Phi) is 5.85. The molecule has 18 heavy (non-hydrogen) atoms. The van der Waals surface area contributed by atoms with Gasteiger partial charge in [-0.1, -0.05) is 12.1 Å². The average Bonchev–Trinajstić information content (AvgIpc) is 2.28. The standard InChI is InChI=1S/C13H17BrN2O2/c1-9(2)16-12(17)7-8-15-13(18)10-5-3-4-6-11(10)14/h3-6,9H,7-8H2,1-2H3,(H,15,18)(H,16,17). The number of hydrogen-bond acceptors (Lipinski definition) is 2. The third kappa shape index (κ3) is 4.87. The molecule has 2 amide bonds. The van der Waals surface area contributed by atoms with E-state index in [9.17, 15) is 9.59 Å². The lowest BCUT2D eigenvalue weighted by molar-refractivity contribution is -0.121. The van der Waals surface area contributed by atoms with Crippen LogP contribution in [-0.2, 0) is 4.79 Å². The predicted octanol–water partition coefficient (Wildman–Crippen LogP) is 2.09. The van der Waals surface area contributed by atoms with Crippen LogP contribution in [0.3, 0.4) is 0 Å². The Hall–Kier alpha value is -1.36. The molecule has 1 rings (SSSR count). The van der Waals surface area contributed by atoms with Gasteiger partial charge < -0.3 is 10.6 Å². The average molecular weight is 313 g/mol. The molecule has 0 fully saturated rings. The summed E-state index contributed by atoms with van der Waals surface area (Å²) in [6, 6.07) is 7.30. The summed E-state index contributed by atoms with van der Waals surface area (Å²) in [7, 11) is 0. The van der Waals surface area contributed by atoms with Crippen LogP contribution in [0.2, 0.25) is 0 Å². The molecular weight excluding hydrogens is 296 g/mol. The molecule has 98 valence electrons. The van der Waals surface area contributed by atoms with Crippen molar-refractivity contribution in [1.29, 1.82) is 0 Å². The molecule has 0 aliphatic carbocycles. The van der Waals surface area contributed by atoms with E-state index in [1.165, 1.54) is 0 Å². The van der Waals surface area contributed by atoms with Gasteiger partial charge in [-0.2, -0.15) is 0 Å². The molecule has 1 aromatic carbocycles. The second-order valence-electron chi connectivity index (χ2n) is 4.21. The lowest BCUT2D eigenvalue weighted by Crippen LogP contribution is -2.34. The van der Waals surface area contributed by atoms with E-state index in [1.807, 2.05) is 19.9 Å². The Labute approximate surface area is 115 Å². The highest BCUT2D eigenvalue weighted by Gasteiger charge is 2.09. The first-order chi connectivity index (χ1) is 8.50. The molecule has 0 spiro atoms. The maximum absolute atomic E-state index is 11.8. The van der Waals surface area contributed by atoms with Gasteiger partial charge in [0.05, 0.1) is 5.56 Å². The smallest absolute Gasteiger partial charge is 0.252 e. The lowest BCUT2D eigenvalue weighted by Gasteiger charge is -2.09. The van der Waals surface area contributed by atoms with Gasteiger partial charge in [0.1, 0.15) is 0 Å². The molecule has 0 unspecified atom stereocenters. The Morgan fingerprint density at radius 2 is 1.94 bits per heavy atom. The summed E-state index contributed by atoms with van der Waals surface area (Å²) in [6.07, 6.45) is 0.286. The normalized spacial score (nSPS) is 10.2. The fourth-order valence-corrected chi connectivity index (χ4v) is 1.89. The maximum atomic E-state index is 11.8. The van der Waals surface area contributed by atoms with Crippen LogP contribution >= 0.6 is 15.9 Å². The first-order valence-electron chi connectivity index (χ1n) is 5.83. The van der Waals surface area contributed by atoms with Crippen molar-refractivity contribution in [3.63, 3.8) is 0 Å². The van der Waals surface area contributed by atoms with Gasteiger partial charge in [0.15, 0.2) is 0 Å². The summed E-state index contributed by atoms with van der Waals surface area (Å²) in [4.78, 5) is 23.2. The minimum absolute atomic E-state index is 0.0579. The van der Waals surface area contributed by atoms with Crippen LogP contribution in [0, 0.1) is 0 Å². The highest BCUT2D eigenvalue weighted by Crippen LogP contribution is 2.15. The number of nitrogens with one attached hydrogen (secondary N) is 2. The molecule has 0 saturated carbocycles. The third-order valence-corrected chi connectivity index (χ3v) is 2.90. The molecule has 0 aromatic heterocycles. The van der Waals surface area contributed by atoms with E-state index in [0.29, 0.717) is 12.1 Å². The number of amides is 2. The fraction of sp³-hybridized carbons (Fsp3) is 0.385. The highest BCUT2D eigenvalue weighted by molar-refractivity contribution is 9.10. The number of halogens is 1. The van der Waals surface area contributed by atoms with Crippen LogP contribution in [0.25, 0.3) is 0 Å². The molecule has 0 aliphatic heterocycles. The van der Waals surface area contributed by atoms with Gasteiger partial charge in [-0.3, -0.25) is 9.59 Å². The van der Waals surface area contributed by atoms with Crippen molar-refractivity contribution in [2.75, 3.05) is 6.54 Å². The van der Waals surface area contributed by atoms with Gasteiger partial charge in [0, 0.05) is 23.5 Å². The van der Waals surface area contributed by atoms with E-state index < -0.39 is 0 Å². The summed E-state index contributed by atoms with van der Waals surface area (Å²) in [5.41, 5.74) is 0.571. The van der Waals surface area contributed by atoms with Crippen LogP contribution in [0.5, 0.6) is 0 Å². The minimum atomic E-state index is -0.181. The Morgan fingerprint density at radius 3 is 2.56 bits per heavy atom. The van der Waals surface area contributed by atoms with Crippen LogP contribution < -0.4 is 10.6 Å². The molecular formula is C13H17BrN2O2. The van der Waals surface area contributed by atoms with E-state index >= 15 is 0 Å². The predicted molar refractivity (Wildman–Crippen MR) is 74.4 cm³/mol. The lowest BCUT2D eigenvalue weighted by atomic mass is 10.2. The number of carbonyl (C=O) groups excluding carboxylic acids is 2. The molecule has 4 nitrogen and oxygen atoms in total. The summed E-state index contributed by atoms with van der Waals surface area (Å²) in [5.74, 6) is -0.239. The van der Waals surface area contributed by atoms with Crippen LogP contribution in [-0.4, -0.2) is 24.4 Å². The molecule has 0 saturated heterocycles. The Morgan fingerprint density at radius 1 is 1.28 bits per heavy atom. The molecule has 0 heterocycles. The number of rotatable bonds is 5. The summed E-state index contributed by atoms with van der Waals surface area (Å²) < 4.78 is 0.745. The van der Waals surface area contributed by atoms with E-state index in [2.05, 4.69) is 26.6 Å². The first kappa shape index (κ1) is 14.7. The Balaban J connectivity index is 2.39. The maximum Gasteiger partial charge on any atom is 0.252 e. The van der Waals surface area contributed by atoms with Crippen LogP contribution in [0.1, 0.15) is 30.6 Å². The highest BCUT2D eigenvalue weighted by atomic mass is 79.9. The van der Waals surface area contributed by atoms with Gasteiger partial charge in [-0.15, -0.1) is 0 Å². The third-order valence-electron chi connectivity index (χ3n) is 2.21. The van der Waals surface area contributed by atoms with Crippen LogP contribution in [0.15, 0.2) is 28.7 Å². The van der Waals surface area contributed by atoms with E-state index in [4.69, 9.17) is 0 Å². The zero-order valence-electron chi connectivity index (χ0n) is 10.5. The van der Waals surface area contributed by atoms with Crippen molar-refractivity contribution in [2.45, 2.75) is 26.3 Å². The van der Waals surface area contributed by atoms with Gasteiger partial charge in [0.25, 0.3) is 5.91 Å². The molecule has 0 radical (unpaired) electrons. The zero-order valence-corrected chi connectivity index (χ0v) is 12.1. The Bertz CT molecular complexity index is 433. The van der Waals surface area contributed by atoms with Crippen LogP contribution in [0.4, 0.5) is 0 Å². The van der Waals surface area contributed by atoms with Crippen molar-refractivity contribution in [3.8, 4) is 0 Å². The molecule has 5 heteroatoms. The molecule has 2 N–H and O–H groups in total. The molecule has 1 aromatic rings.